The predicted molar refractivity (Wildman–Crippen MR) is 79.8 cm³/mol. The zero-order valence-electron chi connectivity index (χ0n) is 12.1. The van der Waals surface area contributed by atoms with Crippen LogP contribution in [0.4, 0.5) is 5.69 Å². The van der Waals surface area contributed by atoms with Gasteiger partial charge >= 0.3 is 0 Å². The van der Waals surface area contributed by atoms with Gasteiger partial charge in [0.15, 0.2) is 0 Å². The number of rotatable bonds is 3. The number of pyridine rings is 1. The van der Waals surface area contributed by atoms with E-state index in [9.17, 15) is 4.79 Å². The van der Waals surface area contributed by atoms with Gasteiger partial charge < -0.3 is 10.2 Å². The molecule has 4 nitrogen and oxygen atoms in total. The fourth-order valence-corrected chi connectivity index (χ4v) is 3.81. The van der Waals surface area contributed by atoms with Crippen LogP contribution in [0.15, 0.2) is 18.5 Å². The van der Waals surface area contributed by atoms with Crippen molar-refractivity contribution in [2.24, 2.45) is 5.92 Å². The first kappa shape index (κ1) is 13.4. The molecule has 0 bridgehead atoms. The molecule has 2 fully saturated rings. The monoisotopic (exact) mass is 273 g/mol. The largest absolute Gasteiger partial charge is 0.386 e. The van der Waals surface area contributed by atoms with Crippen molar-refractivity contribution in [3.63, 3.8) is 0 Å². The van der Waals surface area contributed by atoms with Crippen molar-refractivity contribution in [1.82, 2.24) is 9.88 Å². The number of nitrogens with one attached hydrogen (secondary N) is 1. The lowest BCUT2D eigenvalue weighted by molar-refractivity contribution is 0.0690. The zero-order chi connectivity index (χ0) is 13.9. The van der Waals surface area contributed by atoms with E-state index in [1.165, 1.54) is 32.1 Å². The number of aromatic nitrogens is 1. The van der Waals surface area contributed by atoms with Gasteiger partial charge in [-0.1, -0.05) is 12.8 Å². The number of anilines is 1. The summed E-state index contributed by atoms with van der Waals surface area (Å²) in [4.78, 5) is 19.1. The van der Waals surface area contributed by atoms with Crippen molar-refractivity contribution in [1.29, 1.82) is 0 Å². The van der Waals surface area contributed by atoms with Gasteiger partial charge in [0.05, 0.1) is 17.4 Å². The summed E-state index contributed by atoms with van der Waals surface area (Å²) in [6, 6.07) is 2.29. The lowest BCUT2D eigenvalue weighted by Gasteiger charge is -2.30. The van der Waals surface area contributed by atoms with Crippen molar-refractivity contribution in [3.8, 4) is 0 Å². The molecule has 0 spiro atoms. The lowest BCUT2D eigenvalue weighted by Crippen LogP contribution is -2.39. The topological polar surface area (TPSA) is 45.2 Å². The molecule has 2 heterocycles. The van der Waals surface area contributed by atoms with Crippen LogP contribution in [0, 0.1) is 5.92 Å². The normalized spacial score (nSPS) is 23.2. The minimum absolute atomic E-state index is 0.172. The number of carbonyl (C=O) groups excluding carboxylic acids is 1. The van der Waals surface area contributed by atoms with Crippen molar-refractivity contribution in [2.75, 3.05) is 18.9 Å². The number of nitrogens with zero attached hydrogens (tertiary/aromatic N) is 2. The maximum absolute atomic E-state index is 12.9. The highest BCUT2D eigenvalue weighted by atomic mass is 16.2. The highest BCUT2D eigenvalue weighted by Crippen LogP contribution is 2.36. The molecule has 1 saturated carbocycles. The molecule has 108 valence electrons. The van der Waals surface area contributed by atoms with Gasteiger partial charge in [-0.05, 0) is 37.7 Å². The van der Waals surface area contributed by atoms with Gasteiger partial charge in [-0.2, -0.15) is 0 Å². The standard InChI is InChI=1S/C16H23N3O/c1-17-14-11-18-9-8-13(14)16(20)19-10-4-7-15(19)12-5-2-3-6-12/h8-9,11-12,15,17H,2-7,10H2,1H3. The second-order valence-electron chi connectivity index (χ2n) is 5.92. The average molecular weight is 273 g/mol. The Labute approximate surface area is 120 Å². The maximum Gasteiger partial charge on any atom is 0.256 e. The Bertz CT molecular complexity index is 482. The van der Waals surface area contributed by atoms with Crippen LogP contribution in [0.1, 0.15) is 48.9 Å². The molecular formula is C16H23N3O. The number of hydrogen-bond donors (Lipinski definition) is 1. The van der Waals surface area contributed by atoms with Gasteiger partial charge in [0.2, 0.25) is 0 Å². The van der Waals surface area contributed by atoms with E-state index in [0.29, 0.717) is 6.04 Å². The Hall–Kier alpha value is -1.58. The molecule has 1 N–H and O–H groups in total. The van der Waals surface area contributed by atoms with Gasteiger partial charge in [0.25, 0.3) is 5.91 Å². The van der Waals surface area contributed by atoms with Crippen LogP contribution in [0.25, 0.3) is 0 Å². The molecule has 1 aliphatic carbocycles. The average Bonchev–Trinajstić information content (AvgIpc) is 3.16. The summed E-state index contributed by atoms with van der Waals surface area (Å²) in [6.45, 7) is 0.908. The van der Waals surface area contributed by atoms with E-state index >= 15 is 0 Å². The third-order valence-corrected chi connectivity index (χ3v) is 4.82. The Balaban J connectivity index is 1.81. The summed E-state index contributed by atoms with van der Waals surface area (Å²) in [5.41, 5.74) is 1.59. The predicted octanol–water partition coefficient (Wildman–Crippen LogP) is 2.92. The van der Waals surface area contributed by atoms with E-state index in [2.05, 4.69) is 15.2 Å². The maximum atomic E-state index is 12.9. The molecule has 1 amide bonds. The van der Waals surface area contributed by atoms with E-state index in [1.807, 2.05) is 13.1 Å². The van der Waals surface area contributed by atoms with Gasteiger partial charge in [-0.3, -0.25) is 9.78 Å². The zero-order valence-corrected chi connectivity index (χ0v) is 12.1. The van der Waals surface area contributed by atoms with Crippen LogP contribution in [0.5, 0.6) is 0 Å². The first-order valence-corrected chi connectivity index (χ1v) is 7.74. The Kier molecular flexibility index (Phi) is 3.90. The molecule has 1 aromatic rings. The quantitative estimate of drug-likeness (QED) is 0.921. The molecular weight excluding hydrogens is 250 g/mol. The summed E-state index contributed by atoms with van der Waals surface area (Å²) >= 11 is 0. The van der Waals surface area contributed by atoms with Gasteiger partial charge in [0.1, 0.15) is 0 Å². The Morgan fingerprint density at radius 1 is 1.30 bits per heavy atom. The second-order valence-corrected chi connectivity index (χ2v) is 5.92. The molecule has 4 heteroatoms. The number of hydrogen-bond acceptors (Lipinski definition) is 3. The Morgan fingerprint density at radius 3 is 2.85 bits per heavy atom. The molecule has 20 heavy (non-hydrogen) atoms. The number of carbonyl (C=O) groups is 1. The highest BCUT2D eigenvalue weighted by Gasteiger charge is 2.36. The minimum atomic E-state index is 0.172. The summed E-state index contributed by atoms with van der Waals surface area (Å²) < 4.78 is 0. The van der Waals surface area contributed by atoms with Crippen LogP contribution < -0.4 is 5.32 Å². The van der Waals surface area contributed by atoms with Crippen LogP contribution in [0.3, 0.4) is 0 Å². The molecule has 1 aromatic heterocycles. The molecule has 0 radical (unpaired) electrons. The summed E-state index contributed by atoms with van der Waals surface area (Å²) in [6.07, 6.45) is 11.0. The van der Waals surface area contributed by atoms with Crippen LogP contribution in [-0.4, -0.2) is 35.4 Å². The minimum Gasteiger partial charge on any atom is -0.386 e. The summed E-state index contributed by atoms with van der Waals surface area (Å²) in [5.74, 6) is 0.896. The molecule has 1 aliphatic heterocycles. The van der Waals surface area contributed by atoms with E-state index in [0.717, 1.165) is 30.1 Å². The van der Waals surface area contributed by atoms with Gasteiger partial charge in [0, 0.05) is 25.8 Å². The SMILES string of the molecule is CNc1cnccc1C(=O)N1CCCC1C1CCCC1. The Morgan fingerprint density at radius 2 is 2.10 bits per heavy atom. The van der Waals surface area contributed by atoms with Crippen molar-refractivity contribution < 1.29 is 4.79 Å². The van der Waals surface area contributed by atoms with Crippen LogP contribution in [-0.2, 0) is 0 Å². The van der Waals surface area contributed by atoms with E-state index in [-0.39, 0.29) is 5.91 Å². The molecule has 1 atom stereocenters. The van der Waals surface area contributed by atoms with Crippen LogP contribution in [0.2, 0.25) is 0 Å². The van der Waals surface area contributed by atoms with E-state index in [4.69, 9.17) is 0 Å². The number of likely N-dealkylation sites (tertiary alicyclic amines) is 1. The molecule has 3 rings (SSSR count). The number of amides is 1. The molecule has 1 saturated heterocycles. The highest BCUT2D eigenvalue weighted by molar-refractivity contribution is 5.99. The molecule has 0 aromatic carbocycles. The van der Waals surface area contributed by atoms with Gasteiger partial charge in [-0.15, -0.1) is 0 Å². The summed E-state index contributed by atoms with van der Waals surface area (Å²) in [5, 5.41) is 3.07. The van der Waals surface area contributed by atoms with Crippen LogP contribution >= 0.6 is 0 Å². The third-order valence-electron chi connectivity index (χ3n) is 4.82. The third kappa shape index (κ3) is 2.39. The smallest absolute Gasteiger partial charge is 0.256 e. The van der Waals surface area contributed by atoms with E-state index in [1.54, 1.807) is 12.4 Å². The second kappa shape index (κ2) is 5.81. The lowest BCUT2D eigenvalue weighted by atomic mass is 9.95. The summed E-state index contributed by atoms with van der Waals surface area (Å²) in [7, 11) is 1.84. The fourth-order valence-electron chi connectivity index (χ4n) is 3.81. The van der Waals surface area contributed by atoms with Crippen molar-refractivity contribution in [3.05, 3.63) is 24.0 Å². The fraction of sp³-hybridized carbons (Fsp3) is 0.625. The molecule has 1 unspecified atom stereocenters. The van der Waals surface area contributed by atoms with Crippen molar-refractivity contribution >= 4 is 11.6 Å². The first-order valence-electron chi connectivity index (χ1n) is 7.74. The molecule has 2 aliphatic rings. The first-order chi connectivity index (χ1) is 9.81. The van der Waals surface area contributed by atoms with E-state index < -0.39 is 0 Å². The van der Waals surface area contributed by atoms with Crippen molar-refractivity contribution in [2.45, 2.75) is 44.6 Å². The van der Waals surface area contributed by atoms with Gasteiger partial charge in [-0.25, -0.2) is 0 Å².